The van der Waals surface area contributed by atoms with Crippen LogP contribution in [0.3, 0.4) is 0 Å². The smallest absolute Gasteiger partial charge is 0.213 e. The topological polar surface area (TPSA) is 77.9 Å². The van der Waals surface area contributed by atoms with Gasteiger partial charge in [-0.2, -0.15) is 0 Å². The Kier molecular flexibility index (Phi) is 9.17. The number of rotatable bonds is 10. The fourth-order valence-electron chi connectivity index (χ4n) is 4.29. The standard InChI is InChI=1S/C29H37FNO5P/c1-19(37(7,32)33)13-20-9-8-10-22(14-20)36-18-21-11-12-23(24-16-27(34-5)31-17-26(24)30)25(15-21)28(35-6)29(2,3)4/h8-12,14-17,19,28H,13,18H2,1-7H3,(H,32,33)/t19-,28-/m1/s1. The van der Waals surface area contributed by atoms with Crippen LogP contribution >= 0.6 is 7.37 Å². The van der Waals surface area contributed by atoms with Gasteiger partial charge in [0.05, 0.1) is 19.4 Å². The van der Waals surface area contributed by atoms with Crippen molar-refractivity contribution >= 4 is 7.37 Å². The minimum absolute atomic E-state index is 0.257. The first-order valence-electron chi connectivity index (χ1n) is 12.2. The zero-order valence-electron chi connectivity index (χ0n) is 22.6. The van der Waals surface area contributed by atoms with Gasteiger partial charge in [-0.15, -0.1) is 0 Å². The Bertz CT molecular complexity index is 1270. The van der Waals surface area contributed by atoms with Crippen molar-refractivity contribution in [2.75, 3.05) is 20.9 Å². The number of halogens is 1. The molecule has 1 aromatic heterocycles. The third-order valence-electron chi connectivity index (χ3n) is 6.40. The number of nitrogens with zero attached hydrogens (tertiary/aromatic N) is 1. The van der Waals surface area contributed by atoms with Gasteiger partial charge >= 0.3 is 0 Å². The van der Waals surface area contributed by atoms with Gasteiger partial charge in [0.1, 0.15) is 18.2 Å². The van der Waals surface area contributed by atoms with Gasteiger partial charge in [-0.1, -0.05) is 52.0 Å². The van der Waals surface area contributed by atoms with Crippen molar-refractivity contribution < 1.29 is 28.1 Å². The van der Waals surface area contributed by atoms with E-state index >= 15 is 0 Å². The van der Waals surface area contributed by atoms with Crippen molar-refractivity contribution in [2.24, 2.45) is 5.41 Å². The summed E-state index contributed by atoms with van der Waals surface area (Å²) in [5, 5.41) is 0. The highest BCUT2D eigenvalue weighted by Crippen LogP contribution is 2.43. The Morgan fingerprint density at radius 2 is 1.78 bits per heavy atom. The molecule has 0 aliphatic rings. The van der Waals surface area contributed by atoms with Crippen LogP contribution in [-0.2, 0) is 22.3 Å². The Morgan fingerprint density at radius 1 is 1.05 bits per heavy atom. The van der Waals surface area contributed by atoms with Crippen molar-refractivity contribution in [1.29, 1.82) is 0 Å². The lowest BCUT2D eigenvalue weighted by Gasteiger charge is -2.32. The molecule has 37 heavy (non-hydrogen) atoms. The normalized spacial score (nSPS) is 15.1. The predicted octanol–water partition coefficient (Wildman–Crippen LogP) is 7.04. The van der Waals surface area contributed by atoms with Gasteiger partial charge in [0.2, 0.25) is 13.2 Å². The summed E-state index contributed by atoms with van der Waals surface area (Å²) >= 11 is 0. The number of pyridine rings is 1. The second kappa shape index (κ2) is 11.8. The van der Waals surface area contributed by atoms with Crippen LogP contribution in [0.4, 0.5) is 4.39 Å². The molecule has 2 aromatic carbocycles. The Labute approximate surface area is 219 Å². The van der Waals surface area contributed by atoms with Gasteiger partial charge in [-0.3, -0.25) is 4.57 Å². The van der Waals surface area contributed by atoms with Crippen LogP contribution in [-0.4, -0.2) is 36.4 Å². The summed E-state index contributed by atoms with van der Waals surface area (Å²) in [5.74, 6) is 0.554. The number of benzene rings is 2. The molecule has 1 unspecified atom stereocenters. The molecule has 1 heterocycles. The summed E-state index contributed by atoms with van der Waals surface area (Å²) in [6.07, 6.45) is 1.34. The number of methoxy groups -OCH3 is 2. The van der Waals surface area contributed by atoms with E-state index in [-0.39, 0.29) is 17.2 Å². The summed E-state index contributed by atoms with van der Waals surface area (Å²) in [4.78, 5) is 13.8. The van der Waals surface area contributed by atoms with E-state index in [0.717, 1.165) is 22.9 Å². The lowest BCUT2D eigenvalue weighted by Crippen LogP contribution is -2.21. The van der Waals surface area contributed by atoms with Crippen molar-refractivity contribution in [3.63, 3.8) is 0 Å². The lowest BCUT2D eigenvalue weighted by atomic mass is 9.81. The predicted molar refractivity (Wildman–Crippen MR) is 145 cm³/mol. The van der Waals surface area contributed by atoms with Gasteiger partial charge in [-0.25, -0.2) is 9.37 Å². The highest BCUT2D eigenvalue weighted by Gasteiger charge is 2.29. The number of ether oxygens (including phenoxy) is 3. The minimum Gasteiger partial charge on any atom is -0.489 e. The average Bonchev–Trinajstić information content (AvgIpc) is 2.82. The molecule has 200 valence electrons. The van der Waals surface area contributed by atoms with E-state index in [0.29, 0.717) is 35.8 Å². The molecule has 0 spiro atoms. The summed E-state index contributed by atoms with van der Waals surface area (Å²) < 4.78 is 44.1. The molecule has 1 N–H and O–H groups in total. The van der Waals surface area contributed by atoms with Gasteiger partial charge in [-0.05, 0) is 52.3 Å². The summed E-state index contributed by atoms with van der Waals surface area (Å²) in [6.45, 7) is 9.68. The van der Waals surface area contributed by atoms with Gasteiger partial charge in [0, 0.05) is 31.1 Å². The van der Waals surface area contributed by atoms with Crippen LogP contribution < -0.4 is 9.47 Å². The maximum Gasteiger partial charge on any atom is 0.213 e. The van der Waals surface area contributed by atoms with Gasteiger partial charge < -0.3 is 19.1 Å². The zero-order chi connectivity index (χ0) is 27.4. The highest BCUT2D eigenvalue weighted by atomic mass is 31.2. The van der Waals surface area contributed by atoms with E-state index in [2.05, 4.69) is 25.8 Å². The van der Waals surface area contributed by atoms with Crippen LogP contribution in [0.25, 0.3) is 11.1 Å². The van der Waals surface area contributed by atoms with Crippen molar-refractivity contribution in [1.82, 2.24) is 4.98 Å². The SMILES string of the molecule is COc1cc(-c2ccc(COc3cccc(C[C@@H](C)P(C)(=O)O)c3)cc2[C@@H](OC)C(C)(C)C)c(F)cn1. The third kappa shape index (κ3) is 7.41. The molecule has 0 radical (unpaired) electrons. The Morgan fingerprint density at radius 3 is 2.41 bits per heavy atom. The molecule has 0 bridgehead atoms. The van der Waals surface area contributed by atoms with E-state index in [9.17, 15) is 13.8 Å². The Hall–Kier alpha value is -2.73. The first-order chi connectivity index (χ1) is 17.3. The lowest BCUT2D eigenvalue weighted by molar-refractivity contribution is 0.0155. The van der Waals surface area contributed by atoms with Crippen LogP contribution in [0.5, 0.6) is 11.6 Å². The fraction of sp³-hybridized carbons (Fsp3) is 0.414. The monoisotopic (exact) mass is 529 g/mol. The molecule has 0 aliphatic carbocycles. The zero-order valence-corrected chi connectivity index (χ0v) is 23.5. The van der Waals surface area contributed by atoms with E-state index in [1.807, 2.05) is 42.5 Å². The molecule has 0 aliphatic heterocycles. The van der Waals surface area contributed by atoms with Crippen molar-refractivity contribution in [3.05, 3.63) is 77.2 Å². The molecule has 3 rings (SSSR count). The molecule has 6 nitrogen and oxygen atoms in total. The molecule has 3 atom stereocenters. The van der Waals surface area contributed by atoms with Crippen molar-refractivity contribution in [3.8, 4) is 22.8 Å². The average molecular weight is 530 g/mol. The second-order valence-corrected chi connectivity index (χ2v) is 13.3. The fourth-order valence-corrected chi connectivity index (χ4v) is 4.84. The summed E-state index contributed by atoms with van der Waals surface area (Å²) in [5.41, 5.74) is 3.17. The number of hydrogen-bond acceptors (Lipinski definition) is 5. The van der Waals surface area contributed by atoms with E-state index in [1.165, 1.54) is 13.8 Å². The van der Waals surface area contributed by atoms with Crippen LogP contribution in [0.15, 0.2) is 54.7 Å². The van der Waals surface area contributed by atoms with Crippen LogP contribution in [0, 0.1) is 11.2 Å². The molecule has 3 aromatic rings. The van der Waals surface area contributed by atoms with Crippen LogP contribution in [0.1, 0.15) is 50.5 Å². The maximum atomic E-state index is 14.9. The number of hydrogen-bond donors (Lipinski definition) is 1. The van der Waals surface area contributed by atoms with E-state index in [4.69, 9.17) is 14.2 Å². The minimum atomic E-state index is -3.16. The number of aromatic nitrogens is 1. The molecule has 0 saturated heterocycles. The molecule has 8 heteroatoms. The first-order valence-corrected chi connectivity index (χ1v) is 14.4. The summed E-state index contributed by atoms with van der Waals surface area (Å²) in [7, 11) is -0.0108. The molecular formula is C29H37FNO5P. The van der Waals surface area contributed by atoms with Crippen molar-refractivity contribution in [2.45, 2.75) is 52.5 Å². The largest absolute Gasteiger partial charge is 0.489 e. The van der Waals surface area contributed by atoms with E-state index < -0.39 is 13.2 Å². The molecule has 0 saturated carbocycles. The molecular weight excluding hydrogens is 492 g/mol. The van der Waals surface area contributed by atoms with Crippen LogP contribution in [0.2, 0.25) is 0 Å². The van der Waals surface area contributed by atoms with E-state index in [1.54, 1.807) is 20.1 Å². The van der Waals surface area contributed by atoms with Gasteiger partial charge in [0.15, 0.2) is 0 Å². The molecule has 0 fully saturated rings. The highest BCUT2D eigenvalue weighted by molar-refractivity contribution is 7.57. The van der Waals surface area contributed by atoms with Gasteiger partial charge in [0.25, 0.3) is 0 Å². The second-order valence-electron chi connectivity index (χ2n) is 10.5. The first kappa shape index (κ1) is 28.8. The Balaban J connectivity index is 1.93. The quantitative estimate of drug-likeness (QED) is 0.284. The maximum absolute atomic E-state index is 14.9. The molecule has 0 amide bonds. The third-order valence-corrected chi connectivity index (χ3v) is 8.22. The summed E-state index contributed by atoms with van der Waals surface area (Å²) in [6, 6.07) is 14.9.